The van der Waals surface area contributed by atoms with Crippen molar-refractivity contribution in [1.82, 2.24) is 14.8 Å². The Bertz CT molecular complexity index is 1430. The number of methoxy groups -OCH3 is 1. The minimum Gasteiger partial charge on any atom is -0.465 e. The molecule has 9 heteroatoms. The highest BCUT2D eigenvalue weighted by Gasteiger charge is 2.18. The number of hydrogen-bond donors (Lipinski definition) is 1. The number of nitrogens with one attached hydrogen (secondary N) is 1. The standard InChI is InChI=1S/C24H18N4O5/c1-31-24(30)15-8-10-16(11-9-15)25-21(29)14-28-13-18(17-5-2-3-6-19(17)28)22-26-27-23(33-22)20-7-4-12-32-20/h2-13H,14H2,1H3,(H,25,29). The number of aromatic nitrogens is 3. The van der Waals surface area contributed by atoms with E-state index in [1.54, 1.807) is 36.4 Å². The first-order valence-corrected chi connectivity index (χ1v) is 10.1. The van der Waals surface area contributed by atoms with Crippen LogP contribution in [0.4, 0.5) is 5.69 Å². The smallest absolute Gasteiger partial charge is 0.337 e. The van der Waals surface area contributed by atoms with Gasteiger partial charge in [0.1, 0.15) is 6.54 Å². The van der Waals surface area contributed by atoms with Crippen molar-refractivity contribution in [2.45, 2.75) is 6.54 Å². The summed E-state index contributed by atoms with van der Waals surface area (Å²) in [5, 5.41) is 11.9. The molecular formula is C24H18N4O5. The van der Waals surface area contributed by atoms with E-state index >= 15 is 0 Å². The monoisotopic (exact) mass is 442 g/mol. The Morgan fingerprint density at radius 1 is 1.00 bits per heavy atom. The van der Waals surface area contributed by atoms with Crippen molar-refractivity contribution in [1.29, 1.82) is 0 Å². The third kappa shape index (κ3) is 3.99. The average molecular weight is 442 g/mol. The Labute approximate surface area is 187 Å². The number of carbonyl (C=O) groups is 2. The minimum absolute atomic E-state index is 0.0679. The van der Waals surface area contributed by atoms with Crippen LogP contribution in [0.1, 0.15) is 10.4 Å². The quantitative estimate of drug-likeness (QED) is 0.388. The molecule has 3 heterocycles. The van der Waals surface area contributed by atoms with Crippen LogP contribution in [0.25, 0.3) is 34.0 Å². The second kappa shape index (κ2) is 8.46. The van der Waals surface area contributed by atoms with Crippen LogP contribution in [0.15, 0.2) is 82.0 Å². The van der Waals surface area contributed by atoms with E-state index in [2.05, 4.69) is 20.3 Å². The van der Waals surface area contributed by atoms with Crippen LogP contribution in [0.2, 0.25) is 0 Å². The molecule has 0 radical (unpaired) electrons. The van der Waals surface area contributed by atoms with Gasteiger partial charge in [-0.05, 0) is 42.5 Å². The fourth-order valence-electron chi connectivity index (χ4n) is 3.54. The first kappa shape index (κ1) is 20.3. The number of ether oxygens (including phenoxy) is 1. The Morgan fingerprint density at radius 3 is 2.55 bits per heavy atom. The van der Waals surface area contributed by atoms with E-state index in [0.29, 0.717) is 28.5 Å². The number of anilines is 1. The van der Waals surface area contributed by atoms with E-state index in [1.807, 2.05) is 35.0 Å². The predicted molar refractivity (Wildman–Crippen MR) is 119 cm³/mol. The van der Waals surface area contributed by atoms with Crippen LogP contribution in [0, 0.1) is 0 Å². The molecular weight excluding hydrogens is 424 g/mol. The van der Waals surface area contributed by atoms with Crippen LogP contribution in [0.3, 0.4) is 0 Å². The summed E-state index contributed by atoms with van der Waals surface area (Å²) in [6.45, 7) is 0.0679. The molecule has 1 N–H and O–H groups in total. The maximum absolute atomic E-state index is 12.7. The lowest BCUT2D eigenvalue weighted by Gasteiger charge is -2.08. The van der Waals surface area contributed by atoms with Crippen LogP contribution in [0.5, 0.6) is 0 Å². The topological polar surface area (TPSA) is 112 Å². The number of furan rings is 1. The molecule has 0 spiro atoms. The first-order chi connectivity index (χ1) is 16.1. The Kier molecular flexibility index (Phi) is 5.19. The summed E-state index contributed by atoms with van der Waals surface area (Å²) in [7, 11) is 1.32. The molecule has 2 aromatic carbocycles. The van der Waals surface area contributed by atoms with E-state index in [0.717, 1.165) is 10.9 Å². The highest BCUT2D eigenvalue weighted by atomic mass is 16.5. The van der Waals surface area contributed by atoms with Gasteiger partial charge in [0.05, 0.1) is 24.5 Å². The highest BCUT2D eigenvalue weighted by molar-refractivity contribution is 5.97. The molecule has 33 heavy (non-hydrogen) atoms. The lowest BCUT2D eigenvalue weighted by Crippen LogP contribution is -2.18. The molecule has 1 amide bonds. The van der Waals surface area contributed by atoms with Gasteiger partial charge in [-0.2, -0.15) is 0 Å². The van der Waals surface area contributed by atoms with Crippen molar-refractivity contribution < 1.29 is 23.2 Å². The van der Waals surface area contributed by atoms with Gasteiger partial charge in [-0.15, -0.1) is 10.2 Å². The predicted octanol–water partition coefficient (Wildman–Crippen LogP) is 4.38. The van der Waals surface area contributed by atoms with Crippen molar-refractivity contribution >= 4 is 28.5 Å². The summed E-state index contributed by atoms with van der Waals surface area (Å²) >= 11 is 0. The van der Waals surface area contributed by atoms with Gasteiger partial charge in [-0.1, -0.05) is 18.2 Å². The van der Waals surface area contributed by atoms with Gasteiger partial charge in [-0.3, -0.25) is 4.79 Å². The summed E-state index contributed by atoms with van der Waals surface area (Å²) in [5.41, 5.74) is 2.54. The van der Waals surface area contributed by atoms with E-state index in [-0.39, 0.29) is 18.3 Å². The van der Waals surface area contributed by atoms with E-state index < -0.39 is 5.97 Å². The molecule has 0 atom stereocenters. The fraction of sp³-hybridized carbons (Fsp3) is 0.0833. The largest absolute Gasteiger partial charge is 0.465 e. The molecule has 0 fully saturated rings. The van der Waals surface area contributed by atoms with E-state index in [1.165, 1.54) is 13.4 Å². The third-order valence-corrected chi connectivity index (χ3v) is 5.08. The molecule has 164 valence electrons. The number of para-hydroxylation sites is 1. The normalized spacial score (nSPS) is 10.9. The molecule has 0 unspecified atom stereocenters. The lowest BCUT2D eigenvalue weighted by atomic mass is 10.2. The van der Waals surface area contributed by atoms with Crippen LogP contribution >= 0.6 is 0 Å². The second-order valence-corrected chi connectivity index (χ2v) is 7.19. The molecule has 9 nitrogen and oxygen atoms in total. The van der Waals surface area contributed by atoms with Gasteiger partial charge in [-0.25, -0.2) is 4.79 Å². The molecule has 5 rings (SSSR count). The van der Waals surface area contributed by atoms with Gasteiger partial charge in [0.25, 0.3) is 5.89 Å². The molecule has 0 aliphatic heterocycles. The summed E-state index contributed by atoms with van der Waals surface area (Å²) in [5.74, 6) is 0.426. The zero-order valence-electron chi connectivity index (χ0n) is 17.5. The maximum atomic E-state index is 12.7. The van der Waals surface area contributed by atoms with Gasteiger partial charge in [0, 0.05) is 22.8 Å². The number of nitrogens with zero attached hydrogens (tertiary/aromatic N) is 3. The number of rotatable bonds is 6. The molecule has 3 aromatic heterocycles. The molecule has 5 aromatic rings. The molecule has 0 aliphatic carbocycles. The number of carbonyl (C=O) groups excluding carboxylic acids is 2. The van der Waals surface area contributed by atoms with Gasteiger partial charge >= 0.3 is 5.97 Å². The maximum Gasteiger partial charge on any atom is 0.337 e. The van der Waals surface area contributed by atoms with Crippen molar-refractivity contribution in [2.24, 2.45) is 0 Å². The van der Waals surface area contributed by atoms with Crippen molar-refractivity contribution in [3.63, 3.8) is 0 Å². The minimum atomic E-state index is -0.435. The number of benzene rings is 2. The number of hydrogen-bond acceptors (Lipinski definition) is 7. The Morgan fingerprint density at radius 2 is 1.79 bits per heavy atom. The summed E-state index contributed by atoms with van der Waals surface area (Å²) in [6, 6.07) is 17.6. The van der Waals surface area contributed by atoms with Gasteiger partial charge in [0.2, 0.25) is 11.8 Å². The Hall–Kier alpha value is -4.66. The van der Waals surface area contributed by atoms with E-state index in [4.69, 9.17) is 8.83 Å². The number of amides is 1. The van der Waals surface area contributed by atoms with Gasteiger partial charge in [0.15, 0.2) is 5.76 Å². The van der Waals surface area contributed by atoms with Gasteiger partial charge < -0.3 is 23.5 Å². The number of fused-ring (bicyclic) bond motifs is 1. The summed E-state index contributed by atoms with van der Waals surface area (Å²) in [4.78, 5) is 24.3. The van der Waals surface area contributed by atoms with Crippen molar-refractivity contribution in [3.8, 4) is 23.1 Å². The molecule has 0 saturated carbocycles. The first-order valence-electron chi connectivity index (χ1n) is 10.1. The zero-order valence-corrected chi connectivity index (χ0v) is 17.5. The molecule has 0 bridgehead atoms. The fourth-order valence-corrected chi connectivity index (χ4v) is 3.54. The summed E-state index contributed by atoms with van der Waals surface area (Å²) < 4.78 is 17.6. The summed E-state index contributed by atoms with van der Waals surface area (Å²) in [6.07, 6.45) is 3.34. The SMILES string of the molecule is COC(=O)c1ccc(NC(=O)Cn2cc(-c3nnc(-c4ccco4)o3)c3ccccc32)cc1. The average Bonchev–Trinajstić information content (AvgIpc) is 3.59. The Balaban J connectivity index is 1.39. The van der Waals surface area contributed by atoms with Crippen molar-refractivity contribution in [3.05, 3.63) is 78.7 Å². The van der Waals surface area contributed by atoms with Crippen LogP contribution in [-0.2, 0) is 16.1 Å². The second-order valence-electron chi connectivity index (χ2n) is 7.19. The lowest BCUT2D eigenvalue weighted by molar-refractivity contribution is -0.116. The van der Waals surface area contributed by atoms with E-state index in [9.17, 15) is 9.59 Å². The van der Waals surface area contributed by atoms with Crippen molar-refractivity contribution in [2.75, 3.05) is 12.4 Å². The van der Waals surface area contributed by atoms with Crippen LogP contribution < -0.4 is 5.32 Å². The third-order valence-electron chi connectivity index (χ3n) is 5.08. The zero-order chi connectivity index (χ0) is 22.8. The highest BCUT2D eigenvalue weighted by Crippen LogP contribution is 2.31. The van der Waals surface area contributed by atoms with Crippen LogP contribution in [-0.4, -0.2) is 33.8 Å². The molecule has 0 saturated heterocycles. The number of esters is 1. The molecule has 0 aliphatic rings.